The predicted molar refractivity (Wildman–Crippen MR) is 102 cm³/mol. The van der Waals surface area contributed by atoms with Gasteiger partial charge in [0.2, 0.25) is 0 Å². The van der Waals surface area contributed by atoms with E-state index in [9.17, 15) is 4.79 Å². The topological polar surface area (TPSA) is 101 Å². The van der Waals surface area contributed by atoms with Crippen molar-refractivity contribution in [1.29, 1.82) is 0 Å². The maximum atomic E-state index is 12.0. The lowest BCUT2D eigenvalue weighted by atomic mass is 9.94. The molecule has 0 heterocycles. The summed E-state index contributed by atoms with van der Waals surface area (Å²) in [5.41, 5.74) is 18.1. The van der Waals surface area contributed by atoms with Gasteiger partial charge in [-0.3, -0.25) is 4.79 Å². The van der Waals surface area contributed by atoms with Crippen LogP contribution in [0.4, 0.5) is 0 Å². The third-order valence-corrected chi connectivity index (χ3v) is 4.13. The minimum atomic E-state index is -0.510. The molecular formula is C20H24N4O2. The summed E-state index contributed by atoms with van der Waals surface area (Å²) >= 11 is 0. The lowest BCUT2D eigenvalue weighted by Gasteiger charge is -2.18. The van der Waals surface area contributed by atoms with Gasteiger partial charge < -0.3 is 10.5 Å². The van der Waals surface area contributed by atoms with E-state index in [4.69, 9.17) is 16.0 Å². The van der Waals surface area contributed by atoms with E-state index >= 15 is 0 Å². The highest BCUT2D eigenvalue weighted by Gasteiger charge is 2.22. The van der Waals surface area contributed by atoms with Crippen LogP contribution in [0.2, 0.25) is 0 Å². The lowest BCUT2D eigenvalue weighted by molar-refractivity contribution is -0.148. The second kappa shape index (κ2) is 10.2. The third kappa shape index (κ3) is 5.92. The summed E-state index contributed by atoms with van der Waals surface area (Å²) in [5.74, 6) is -0.876. The van der Waals surface area contributed by atoms with E-state index in [0.717, 1.165) is 11.1 Å². The normalized spacial score (nSPS) is 12.7. The van der Waals surface area contributed by atoms with E-state index in [-0.39, 0.29) is 18.6 Å². The molecular weight excluding hydrogens is 328 g/mol. The maximum absolute atomic E-state index is 12.0. The summed E-state index contributed by atoms with van der Waals surface area (Å²) in [6.45, 7) is 2.11. The molecule has 2 aromatic carbocycles. The molecule has 0 amide bonds. The van der Waals surface area contributed by atoms with E-state index < -0.39 is 5.92 Å². The molecule has 0 fully saturated rings. The molecule has 6 nitrogen and oxygen atoms in total. The molecule has 6 heteroatoms. The average molecular weight is 352 g/mol. The minimum Gasteiger partial charge on any atom is -0.466 e. The number of carbonyl (C=O) groups is 1. The van der Waals surface area contributed by atoms with Crippen LogP contribution in [0, 0.1) is 5.92 Å². The van der Waals surface area contributed by atoms with Crippen molar-refractivity contribution in [2.24, 2.45) is 16.8 Å². The number of nitrogens with zero attached hydrogens (tertiary/aromatic N) is 3. The summed E-state index contributed by atoms with van der Waals surface area (Å²) in [6.07, 6.45) is 1.06. The zero-order valence-electron chi connectivity index (χ0n) is 14.9. The molecule has 0 bridgehead atoms. The summed E-state index contributed by atoms with van der Waals surface area (Å²) in [6, 6.07) is 18.2. The molecule has 0 saturated carbocycles. The molecule has 0 aliphatic heterocycles. The Balaban J connectivity index is 1.98. The van der Waals surface area contributed by atoms with Crippen molar-refractivity contribution in [3.63, 3.8) is 0 Å². The molecule has 0 aliphatic rings. The van der Waals surface area contributed by atoms with E-state index in [1.807, 2.05) is 18.2 Å². The summed E-state index contributed by atoms with van der Waals surface area (Å²) in [4.78, 5) is 14.7. The molecule has 26 heavy (non-hydrogen) atoms. The highest BCUT2D eigenvalue weighted by atomic mass is 16.5. The van der Waals surface area contributed by atoms with Gasteiger partial charge in [-0.1, -0.05) is 59.7 Å². The van der Waals surface area contributed by atoms with Gasteiger partial charge in [-0.2, -0.15) is 0 Å². The number of ether oxygens (including phenoxy) is 1. The maximum Gasteiger partial charge on any atom is 0.309 e. The number of carbonyl (C=O) groups excluding carboxylic acids is 1. The van der Waals surface area contributed by atoms with Gasteiger partial charge in [0.15, 0.2) is 0 Å². The van der Waals surface area contributed by atoms with Gasteiger partial charge in [0.05, 0.1) is 12.5 Å². The van der Waals surface area contributed by atoms with Gasteiger partial charge in [0, 0.05) is 17.5 Å². The Kier molecular flexibility index (Phi) is 7.68. The van der Waals surface area contributed by atoms with Gasteiger partial charge >= 0.3 is 5.97 Å². The number of esters is 1. The van der Waals surface area contributed by atoms with Crippen molar-refractivity contribution in [2.75, 3.05) is 13.2 Å². The fraction of sp³-hybridized carbons (Fsp3) is 0.350. The quantitative estimate of drug-likeness (QED) is 0.318. The van der Waals surface area contributed by atoms with Crippen LogP contribution in [0.1, 0.15) is 18.9 Å². The van der Waals surface area contributed by atoms with E-state index in [1.165, 1.54) is 5.56 Å². The van der Waals surface area contributed by atoms with Crippen LogP contribution in [0.3, 0.4) is 0 Å². The molecule has 2 atom stereocenters. The van der Waals surface area contributed by atoms with Crippen molar-refractivity contribution in [3.8, 4) is 11.1 Å². The molecule has 0 spiro atoms. The standard InChI is InChI=1S/C20H24N4O2/c1-2-26-20(25)18(14-23-24-22)13-19(21)12-15-8-10-17(11-9-15)16-6-4-3-5-7-16/h3-11,18-19H,2,12-14,21H2,1H3/t18-,19+/m0/s1. The van der Waals surface area contributed by atoms with Gasteiger partial charge in [-0.15, -0.1) is 0 Å². The summed E-state index contributed by atoms with van der Waals surface area (Å²) in [7, 11) is 0. The fourth-order valence-corrected chi connectivity index (χ4v) is 2.86. The molecule has 136 valence electrons. The monoisotopic (exact) mass is 352 g/mol. The number of benzene rings is 2. The lowest BCUT2D eigenvalue weighted by Crippen LogP contribution is -2.31. The zero-order chi connectivity index (χ0) is 18.8. The van der Waals surface area contributed by atoms with Gasteiger partial charge in [-0.05, 0) is 42.0 Å². The molecule has 0 radical (unpaired) electrons. The van der Waals surface area contributed by atoms with Crippen molar-refractivity contribution >= 4 is 5.97 Å². The van der Waals surface area contributed by atoms with Crippen LogP contribution < -0.4 is 5.73 Å². The highest BCUT2D eigenvalue weighted by Crippen LogP contribution is 2.20. The van der Waals surface area contributed by atoms with Crippen LogP contribution in [0.15, 0.2) is 59.7 Å². The van der Waals surface area contributed by atoms with Crippen molar-refractivity contribution < 1.29 is 9.53 Å². The Bertz CT molecular complexity index is 740. The highest BCUT2D eigenvalue weighted by molar-refractivity contribution is 5.72. The second-order valence-electron chi connectivity index (χ2n) is 6.13. The van der Waals surface area contributed by atoms with Crippen LogP contribution >= 0.6 is 0 Å². The number of hydrogen-bond acceptors (Lipinski definition) is 4. The first-order valence-corrected chi connectivity index (χ1v) is 8.71. The van der Waals surface area contributed by atoms with Crippen molar-refractivity contribution in [2.45, 2.75) is 25.8 Å². The Morgan fingerprint density at radius 3 is 2.42 bits per heavy atom. The zero-order valence-corrected chi connectivity index (χ0v) is 14.9. The summed E-state index contributed by atoms with van der Waals surface area (Å²) < 4.78 is 5.04. The van der Waals surface area contributed by atoms with Crippen molar-refractivity contribution in [1.82, 2.24) is 0 Å². The number of rotatable bonds is 9. The van der Waals surface area contributed by atoms with Gasteiger partial charge in [-0.25, -0.2) is 0 Å². The Morgan fingerprint density at radius 1 is 1.15 bits per heavy atom. The Hall–Kier alpha value is -2.82. The van der Waals surface area contributed by atoms with Crippen molar-refractivity contribution in [3.05, 3.63) is 70.6 Å². The van der Waals surface area contributed by atoms with Gasteiger partial charge in [0.1, 0.15) is 0 Å². The first-order valence-electron chi connectivity index (χ1n) is 8.71. The minimum absolute atomic E-state index is 0.0655. The van der Waals surface area contributed by atoms with Crippen LogP contribution in [0.25, 0.3) is 21.6 Å². The fourth-order valence-electron chi connectivity index (χ4n) is 2.86. The first kappa shape index (κ1) is 19.5. The average Bonchev–Trinajstić information content (AvgIpc) is 2.66. The van der Waals surface area contributed by atoms with Crippen LogP contribution in [-0.4, -0.2) is 25.2 Å². The first-order chi connectivity index (χ1) is 12.6. The van der Waals surface area contributed by atoms with Crippen LogP contribution in [0.5, 0.6) is 0 Å². The molecule has 2 rings (SSSR count). The Labute approximate surface area is 153 Å². The Morgan fingerprint density at radius 2 is 1.81 bits per heavy atom. The smallest absolute Gasteiger partial charge is 0.309 e. The number of nitrogens with two attached hydrogens (primary N) is 1. The second-order valence-corrected chi connectivity index (χ2v) is 6.13. The summed E-state index contributed by atoms with van der Waals surface area (Å²) in [5, 5.41) is 3.50. The third-order valence-electron chi connectivity index (χ3n) is 4.13. The predicted octanol–water partition coefficient (Wildman–Crippen LogP) is 4.10. The number of azide groups is 1. The van der Waals surface area contributed by atoms with Crippen LogP contribution in [-0.2, 0) is 16.0 Å². The largest absolute Gasteiger partial charge is 0.466 e. The molecule has 2 N–H and O–H groups in total. The van der Waals surface area contributed by atoms with E-state index in [0.29, 0.717) is 19.4 Å². The molecule has 0 saturated heterocycles. The SMILES string of the molecule is CCOC(=O)[C@H](CN=[N+]=[N-])C[C@H](N)Cc1ccc(-c2ccccc2)cc1. The van der Waals surface area contributed by atoms with Gasteiger partial charge in [0.25, 0.3) is 0 Å². The molecule has 0 aliphatic carbocycles. The molecule has 0 aromatic heterocycles. The molecule has 2 aromatic rings. The molecule has 0 unspecified atom stereocenters. The van der Waals surface area contributed by atoms with E-state index in [2.05, 4.69) is 46.4 Å². The number of hydrogen-bond donors (Lipinski definition) is 1. The van der Waals surface area contributed by atoms with E-state index in [1.54, 1.807) is 6.92 Å².